The Morgan fingerprint density at radius 1 is 0.720 bits per heavy atom. The molecule has 25 heavy (non-hydrogen) atoms. The van der Waals surface area contributed by atoms with Gasteiger partial charge in [-0.2, -0.15) is 5.10 Å². The van der Waals surface area contributed by atoms with Crippen LogP contribution in [-0.2, 0) is 0 Å². The second-order valence-corrected chi connectivity index (χ2v) is 5.86. The number of pyridine rings is 1. The van der Waals surface area contributed by atoms with E-state index < -0.39 is 0 Å². The van der Waals surface area contributed by atoms with Crippen LogP contribution in [0.3, 0.4) is 0 Å². The molecule has 0 aliphatic carbocycles. The third kappa shape index (κ3) is 2.42. The van der Waals surface area contributed by atoms with Gasteiger partial charge in [-0.25, -0.2) is 9.97 Å². The Hall–Kier alpha value is -3.60. The first-order valence-electron chi connectivity index (χ1n) is 7.98. The van der Waals surface area contributed by atoms with Crippen molar-refractivity contribution in [3.63, 3.8) is 0 Å². The molecule has 0 unspecified atom stereocenters. The van der Waals surface area contributed by atoms with Crippen LogP contribution < -0.4 is 0 Å². The molecule has 0 fully saturated rings. The molecule has 2 aromatic carbocycles. The van der Waals surface area contributed by atoms with Crippen molar-refractivity contribution in [1.29, 1.82) is 0 Å². The normalized spacial score (nSPS) is 11.2. The van der Waals surface area contributed by atoms with E-state index in [0.29, 0.717) is 5.65 Å². The molecule has 1 N–H and O–H groups in total. The van der Waals surface area contributed by atoms with Crippen molar-refractivity contribution >= 4 is 22.1 Å². The topological polar surface area (TPSA) is 67.3 Å². The van der Waals surface area contributed by atoms with Crippen LogP contribution in [0.2, 0.25) is 0 Å². The number of aromatic nitrogens is 5. The van der Waals surface area contributed by atoms with E-state index in [-0.39, 0.29) is 0 Å². The fraction of sp³-hybridized carbons (Fsp3) is 0. The molecule has 0 aliphatic heterocycles. The molecule has 0 saturated carbocycles. The molecule has 5 aromatic rings. The number of hydrogen-bond donors (Lipinski definition) is 1. The van der Waals surface area contributed by atoms with Crippen molar-refractivity contribution in [2.24, 2.45) is 0 Å². The van der Waals surface area contributed by atoms with Crippen LogP contribution in [-0.4, -0.2) is 25.1 Å². The summed E-state index contributed by atoms with van der Waals surface area (Å²) in [6.45, 7) is 0. The highest BCUT2D eigenvalue weighted by Crippen LogP contribution is 2.25. The van der Waals surface area contributed by atoms with Gasteiger partial charge >= 0.3 is 0 Å². The van der Waals surface area contributed by atoms with E-state index in [0.717, 1.165) is 38.8 Å². The molecule has 0 saturated heterocycles. The highest BCUT2D eigenvalue weighted by Gasteiger charge is 2.07. The van der Waals surface area contributed by atoms with Gasteiger partial charge in [0.1, 0.15) is 5.52 Å². The zero-order chi connectivity index (χ0) is 16.6. The Balaban J connectivity index is 1.59. The van der Waals surface area contributed by atoms with Gasteiger partial charge in [0.05, 0.1) is 23.6 Å². The van der Waals surface area contributed by atoms with Gasteiger partial charge in [-0.3, -0.25) is 10.1 Å². The van der Waals surface area contributed by atoms with E-state index in [1.54, 1.807) is 6.20 Å². The van der Waals surface area contributed by atoms with Crippen LogP contribution in [0.5, 0.6) is 0 Å². The van der Waals surface area contributed by atoms with E-state index in [1.165, 1.54) is 0 Å². The first kappa shape index (κ1) is 13.8. The van der Waals surface area contributed by atoms with E-state index in [4.69, 9.17) is 0 Å². The Morgan fingerprint density at radius 3 is 2.56 bits per heavy atom. The molecule has 3 heterocycles. The quantitative estimate of drug-likeness (QED) is 0.528. The van der Waals surface area contributed by atoms with Crippen molar-refractivity contribution in [3.8, 4) is 22.4 Å². The first-order valence-corrected chi connectivity index (χ1v) is 7.98. The minimum absolute atomic E-state index is 0.646. The second-order valence-electron chi connectivity index (χ2n) is 5.86. The molecule has 0 atom stereocenters. The van der Waals surface area contributed by atoms with Gasteiger partial charge in [-0.05, 0) is 17.7 Å². The molecular formula is C20H13N5. The van der Waals surface area contributed by atoms with Gasteiger partial charge in [-0.15, -0.1) is 0 Å². The maximum atomic E-state index is 4.63. The largest absolute Gasteiger partial charge is 0.278 e. The lowest BCUT2D eigenvalue weighted by Gasteiger charge is -2.05. The molecule has 5 nitrogen and oxygen atoms in total. The number of rotatable bonds is 2. The summed E-state index contributed by atoms with van der Waals surface area (Å²) in [4.78, 5) is 13.7. The third-order valence-electron chi connectivity index (χ3n) is 4.24. The predicted octanol–water partition coefficient (Wildman–Crippen LogP) is 4.24. The highest BCUT2D eigenvalue weighted by molar-refractivity contribution is 5.86. The van der Waals surface area contributed by atoms with E-state index >= 15 is 0 Å². The zero-order valence-corrected chi connectivity index (χ0v) is 13.2. The lowest BCUT2D eigenvalue weighted by Crippen LogP contribution is -1.92. The van der Waals surface area contributed by atoms with Gasteiger partial charge < -0.3 is 0 Å². The highest BCUT2D eigenvalue weighted by atomic mass is 15.1. The fourth-order valence-electron chi connectivity index (χ4n) is 2.92. The van der Waals surface area contributed by atoms with Gasteiger partial charge in [-0.1, -0.05) is 42.5 Å². The summed E-state index contributed by atoms with van der Waals surface area (Å²) in [6.07, 6.45) is 5.44. The number of fused-ring (bicyclic) bond motifs is 2. The fourth-order valence-corrected chi connectivity index (χ4v) is 2.92. The maximum Gasteiger partial charge on any atom is 0.178 e. The average Bonchev–Trinajstić information content (AvgIpc) is 3.15. The van der Waals surface area contributed by atoms with Gasteiger partial charge in [0.2, 0.25) is 0 Å². The summed E-state index contributed by atoms with van der Waals surface area (Å²) < 4.78 is 0. The minimum atomic E-state index is 0.646. The third-order valence-corrected chi connectivity index (χ3v) is 4.24. The van der Waals surface area contributed by atoms with Crippen molar-refractivity contribution < 1.29 is 0 Å². The van der Waals surface area contributed by atoms with Crippen LogP contribution in [0.25, 0.3) is 44.5 Å². The molecule has 0 radical (unpaired) electrons. The molecular weight excluding hydrogens is 310 g/mol. The van der Waals surface area contributed by atoms with Crippen LogP contribution in [0.1, 0.15) is 0 Å². The molecule has 0 spiro atoms. The standard InChI is InChI=1S/C20H13N5/c1-2-4-13(5-3-1)19-12-21-18-9-16(10-22-20(18)24-19)14-6-7-15-11-23-25-17(15)8-14/h1-12H,(H,23,25). The van der Waals surface area contributed by atoms with Crippen molar-refractivity contribution in [3.05, 3.63) is 73.2 Å². The zero-order valence-electron chi connectivity index (χ0n) is 13.2. The maximum absolute atomic E-state index is 4.63. The van der Waals surface area contributed by atoms with Crippen molar-refractivity contribution in [1.82, 2.24) is 25.1 Å². The number of nitrogens with one attached hydrogen (secondary N) is 1. The number of nitrogens with zero attached hydrogens (tertiary/aromatic N) is 4. The van der Waals surface area contributed by atoms with Gasteiger partial charge in [0, 0.05) is 22.7 Å². The van der Waals surface area contributed by atoms with Crippen molar-refractivity contribution in [2.45, 2.75) is 0 Å². The SMILES string of the molecule is c1ccc(-c2cnc3cc(-c4ccc5cn[nH]c5c4)cnc3n2)cc1. The summed E-state index contributed by atoms with van der Waals surface area (Å²) in [5.41, 5.74) is 6.36. The average molecular weight is 323 g/mol. The summed E-state index contributed by atoms with van der Waals surface area (Å²) >= 11 is 0. The summed E-state index contributed by atoms with van der Waals surface area (Å²) in [6, 6.07) is 18.2. The molecule has 118 valence electrons. The number of hydrogen-bond acceptors (Lipinski definition) is 4. The van der Waals surface area contributed by atoms with Gasteiger partial charge in [0.25, 0.3) is 0 Å². The van der Waals surface area contributed by atoms with Gasteiger partial charge in [0.15, 0.2) is 5.65 Å². The molecule has 5 heteroatoms. The molecule has 0 aliphatic rings. The summed E-state index contributed by atoms with van der Waals surface area (Å²) in [5, 5.41) is 8.14. The second kappa shape index (κ2) is 5.49. The monoisotopic (exact) mass is 323 g/mol. The molecule has 0 bridgehead atoms. The Labute approximate surface area is 143 Å². The lowest BCUT2D eigenvalue weighted by molar-refractivity contribution is 1.12. The minimum Gasteiger partial charge on any atom is -0.278 e. The Bertz CT molecular complexity index is 1190. The number of aromatic amines is 1. The molecule has 5 rings (SSSR count). The van der Waals surface area contributed by atoms with Crippen LogP contribution in [0.4, 0.5) is 0 Å². The van der Waals surface area contributed by atoms with E-state index in [9.17, 15) is 0 Å². The summed E-state index contributed by atoms with van der Waals surface area (Å²) in [7, 11) is 0. The van der Waals surface area contributed by atoms with Crippen LogP contribution in [0.15, 0.2) is 73.2 Å². The molecule has 0 amide bonds. The molecule has 3 aromatic heterocycles. The number of benzene rings is 2. The summed E-state index contributed by atoms with van der Waals surface area (Å²) in [5.74, 6) is 0. The van der Waals surface area contributed by atoms with Crippen LogP contribution >= 0.6 is 0 Å². The first-order chi connectivity index (χ1) is 12.4. The Kier molecular flexibility index (Phi) is 3.03. The van der Waals surface area contributed by atoms with E-state index in [1.807, 2.05) is 54.9 Å². The van der Waals surface area contributed by atoms with Crippen LogP contribution in [0, 0.1) is 0 Å². The van der Waals surface area contributed by atoms with Crippen molar-refractivity contribution in [2.75, 3.05) is 0 Å². The van der Waals surface area contributed by atoms with E-state index in [2.05, 4.69) is 37.3 Å². The lowest BCUT2D eigenvalue weighted by atomic mass is 10.1. The smallest absolute Gasteiger partial charge is 0.178 e. The Morgan fingerprint density at radius 2 is 1.64 bits per heavy atom. The predicted molar refractivity (Wildman–Crippen MR) is 97.9 cm³/mol. The number of H-pyrrole nitrogens is 1.